The van der Waals surface area contributed by atoms with Gasteiger partial charge >= 0.3 is 0 Å². The summed E-state index contributed by atoms with van der Waals surface area (Å²) in [5.74, 6) is 0.00748. The van der Waals surface area contributed by atoms with Gasteiger partial charge in [-0.05, 0) is 18.8 Å². The lowest BCUT2D eigenvalue weighted by Crippen LogP contribution is -2.54. The van der Waals surface area contributed by atoms with Crippen molar-refractivity contribution in [3.8, 4) is 0 Å². The molecule has 1 amide bonds. The standard InChI is InChI=1S/C13H20N4O.ClH/c1-9-10(6-15-8-16-9)12(18)17-5-4-11(14)13(2,3)7-17;/h6,8,11H,4-5,7,14H2,1-3H3;1H. The maximum atomic E-state index is 12.4. The largest absolute Gasteiger partial charge is 0.338 e. The minimum Gasteiger partial charge on any atom is -0.338 e. The van der Waals surface area contributed by atoms with Crippen molar-refractivity contribution in [3.05, 3.63) is 23.8 Å². The highest BCUT2D eigenvalue weighted by molar-refractivity contribution is 5.95. The number of carbonyl (C=O) groups is 1. The number of aromatic nitrogens is 2. The zero-order valence-corrected chi connectivity index (χ0v) is 12.4. The second kappa shape index (κ2) is 5.84. The second-order valence-electron chi connectivity index (χ2n) is 5.63. The molecule has 1 aliphatic heterocycles. The first-order chi connectivity index (χ1) is 8.42. The Morgan fingerprint density at radius 1 is 1.53 bits per heavy atom. The fourth-order valence-electron chi connectivity index (χ4n) is 2.32. The van der Waals surface area contributed by atoms with Gasteiger partial charge in [0.2, 0.25) is 0 Å². The molecular formula is C13H21ClN4O. The molecule has 0 spiro atoms. The van der Waals surface area contributed by atoms with E-state index in [0.29, 0.717) is 18.7 Å². The van der Waals surface area contributed by atoms with E-state index in [9.17, 15) is 4.79 Å². The van der Waals surface area contributed by atoms with Crippen molar-refractivity contribution in [1.82, 2.24) is 14.9 Å². The summed E-state index contributed by atoms with van der Waals surface area (Å²) in [4.78, 5) is 22.3. The average molecular weight is 285 g/mol. The number of amides is 1. The summed E-state index contributed by atoms with van der Waals surface area (Å²) in [6.45, 7) is 7.42. The Labute approximate surface area is 120 Å². The molecule has 19 heavy (non-hydrogen) atoms. The number of aryl methyl sites for hydroxylation is 1. The zero-order chi connectivity index (χ0) is 13.3. The molecule has 2 rings (SSSR count). The molecule has 5 nitrogen and oxygen atoms in total. The van der Waals surface area contributed by atoms with Gasteiger partial charge in [0.15, 0.2) is 0 Å². The third kappa shape index (κ3) is 3.22. The molecule has 1 aromatic rings. The topological polar surface area (TPSA) is 72.1 Å². The lowest BCUT2D eigenvalue weighted by atomic mass is 9.79. The van der Waals surface area contributed by atoms with Gasteiger partial charge in [-0.2, -0.15) is 0 Å². The van der Waals surface area contributed by atoms with Crippen LogP contribution in [0.3, 0.4) is 0 Å². The van der Waals surface area contributed by atoms with Gasteiger partial charge in [-0.1, -0.05) is 13.8 Å². The highest BCUT2D eigenvalue weighted by Gasteiger charge is 2.35. The third-order valence-electron chi connectivity index (χ3n) is 3.74. The van der Waals surface area contributed by atoms with E-state index in [0.717, 1.165) is 12.1 Å². The van der Waals surface area contributed by atoms with Crippen molar-refractivity contribution in [2.24, 2.45) is 11.1 Å². The molecule has 0 bridgehead atoms. The molecule has 6 heteroatoms. The Morgan fingerprint density at radius 2 is 2.21 bits per heavy atom. The summed E-state index contributed by atoms with van der Waals surface area (Å²) < 4.78 is 0. The highest BCUT2D eigenvalue weighted by Crippen LogP contribution is 2.28. The number of rotatable bonds is 1. The van der Waals surface area contributed by atoms with Crippen molar-refractivity contribution < 1.29 is 4.79 Å². The maximum absolute atomic E-state index is 12.4. The Balaban J connectivity index is 0.00000180. The first-order valence-corrected chi connectivity index (χ1v) is 6.23. The first-order valence-electron chi connectivity index (χ1n) is 6.23. The van der Waals surface area contributed by atoms with Crippen LogP contribution in [0.2, 0.25) is 0 Å². The molecule has 2 heterocycles. The Hall–Kier alpha value is -1.20. The molecule has 1 aromatic heterocycles. The lowest BCUT2D eigenvalue weighted by Gasteiger charge is -2.42. The maximum Gasteiger partial charge on any atom is 0.257 e. The van der Waals surface area contributed by atoms with Crippen LogP contribution in [0.25, 0.3) is 0 Å². The number of hydrogen-bond donors (Lipinski definition) is 1. The van der Waals surface area contributed by atoms with Crippen LogP contribution in [0, 0.1) is 12.3 Å². The van der Waals surface area contributed by atoms with E-state index in [1.807, 2.05) is 11.8 Å². The zero-order valence-electron chi connectivity index (χ0n) is 11.6. The van der Waals surface area contributed by atoms with Gasteiger partial charge in [0, 0.05) is 25.3 Å². The van der Waals surface area contributed by atoms with Crippen molar-refractivity contribution in [1.29, 1.82) is 0 Å². The lowest BCUT2D eigenvalue weighted by molar-refractivity contribution is 0.0531. The highest BCUT2D eigenvalue weighted by atomic mass is 35.5. The van der Waals surface area contributed by atoms with Gasteiger partial charge in [-0.25, -0.2) is 9.97 Å². The number of carbonyl (C=O) groups excluding carboxylic acids is 1. The second-order valence-corrected chi connectivity index (χ2v) is 5.63. The van der Waals surface area contributed by atoms with Crippen molar-refractivity contribution in [2.75, 3.05) is 13.1 Å². The molecule has 2 N–H and O–H groups in total. The van der Waals surface area contributed by atoms with Crippen molar-refractivity contribution in [2.45, 2.75) is 33.2 Å². The number of halogens is 1. The molecule has 106 valence electrons. The predicted octanol–water partition coefficient (Wildman–Crippen LogP) is 1.41. The number of piperidine rings is 1. The smallest absolute Gasteiger partial charge is 0.257 e. The van der Waals surface area contributed by atoms with Crippen LogP contribution in [0.4, 0.5) is 0 Å². The quantitative estimate of drug-likeness (QED) is 0.846. The Morgan fingerprint density at radius 3 is 2.79 bits per heavy atom. The molecule has 0 radical (unpaired) electrons. The molecule has 1 atom stereocenters. The number of hydrogen-bond acceptors (Lipinski definition) is 4. The predicted molar refractivity (Wildman–Crippen MR) is 76.3 cm³/mol. The van der Waals surface area contributed by atoms with E-state index in [1.54, 1.807) is 6.20 Å². The minimum atomic E-state index is -0.0442. The minimum absolute atomic E-state index is 0. The normalized spacial score (nSPS) is 21.7. The number of likely N-dealkylation sites (tertiary alicyclic amines) is 1. The van der Waals surface area contributed by atoms with Crippen LogP contribution in [0.5, 0.6) is 0 Å². The fourth-order valence-corrected chi connectivity index (χ4v) is 2.32. The molecule has 1 unspecified atom stereocenters. The Bertz CT molecular complexity index is 464. The SMILES string of the molecule is Cc1ncncc1C(=O)N1CCC(N)C(C)(C)C1.Cl. The molecular weight excluding hydrogens is 264 g/mol. The van der Waals surface area contributed by atoms with E-state index in [1.165, 1.54) is 6.33 Å². The van der Waals surface area contributed by atoms with E-state index in [-0.39, 0.29) is 29.8 Å². The van der Waals surface area contributed by atoms with Crippen LogP contribution >= 0.6 is 12.4 Å². The number of nitrogens with two attached hydrogens (primary N) is 1. The summed E-state index contributed by atoms with van der Waals surface area (Å²) in [5.41, 5.74) is 7.35. The van der Waals surface area contributed by atoms with Crippen LogP contribution in [-0.2, 0) is 0 Å². The molecule has 1 fully saturated rings. The van der Waals surface area contributed by atoms with Crippen molar-refractivity contribution in [3.63, 3.8) is 0 Å². The summed E-state index contributed by atoms with van der Waals surface area (Å²) in [6, 6.07) is 0.148. The van der Waals surface area contributed by atoms with E-state index < -0.39 is 0 Å². The molecule has 0 aromatic carbocycles. The monoisotopic (exact) mass is 284 g/mol. The summed E-state index contributed by atoms with van der Waals surface area (Å²) in [5, 5.41) is 0. The molecule has 0 saturated carbocycles. The molecule has 1 saturated heterocycles. The van der Waals surface area contributed by atoms with Gasteiger partial charge < -0.3 is 10.6 Å². The Kier molecular flexibility index (Phi) is 4.87. The van der Waals surface area contributed by atoms with Crippen LogP contribution in [0.1, 0.15) is 36.3 Å². The van der Waals surface area contributed by atoms with Crippen LogP contribution < -0.4 is 5.73 Å². The van der Waals surface area contributed by atoms with E-state index in [2.05, 4.69) is 23.8 Å². The van der Waals surface area contributed by atoms with Gasteiger partial charge in [0.25, 0.3) is 5.91 Å². The van der Waals surface area contributed by atoms with Gasteiger partial charge in [-0.15, -0.1) is 12.4 Å². The summed E-state index contributed by atoms with van der Waals surface area (Å²) in [6.07, 6.45) is 3.89. The molecule has 1 aliphatic rings. The van der Waals surface area contributed by atoms with Crippen molar-refractivity contribution >= 4 is 18.3 Å². The van der Waals surface area contributed by atoms with Gasteiger partial charge in [0.1, 0.15) is 6.33 Å². The molecule has 0 aliphatic carbocycles. The summed E-state index contributed by atoms with van der Waals surface area (Å²) >= 11 is 0. The average Bonchev–Trinajstić information content (AvgIpc) is 2.32. The van der Waals surface area contributed by atoms with Crippen LogP contribution in [-0.4, -0.2) is 39.9 Å². The summed E-state index contributed by atoms with van der Waals surface area (Å²) in [7, 11) is 0. The van der Waals surface area contributed by atoms with Crippen LogP contribution in [0.15, 0.2) is 12.5 Å². The van der Waals surface area contributed by atoms with Gasteiger partial charge in [0.05, 0.1) is 11.3 Å². The first kappa shape index (κ1) is 15.9. The fraction of sp³-hybridized carbons (Fsp3) is 0.615. The number of nitrogens with zero attached hydrogens (tertiary/aromatic N) is 3. The van der Waals surface area contributed by atoms with E-state index >= 15 is 0 Å². The van der Waals surface area contributed by atoms with Gasteiger partial charge in [-0.3, -0.25) is 4.79 Å². The van der Waals surface area contributed by atoms with E-state index in [4.69, 9.17) is 5.73 Å². The third-order valence-corrected chi connectivity index (χ3v) is 3.74.